The molecule has 0 radical (unpaired) electrons. The van der Waals surface area contributed by atoms with Crippen molar-refractivity contribution < 1.29 is 4.92 Å². The van der Waals surface area contributed by atoms with Gasteiger partial charge in [-0.25, -0.2) is 4.98 Å². The minimum absolute atomic E-state index is 0.105. The predicted octanol–water partition coefficient (Wildman–Crippen LogP) is 3.87. The summed E-state index contributed by atoms with van der Waals surface area (Å²) >= 11 is 1.60. The van der Waals surface area contributed by atoms with Gasteiger partial charge in [-0.05, 0) is 35.4 Å². The highest BCUT2D eigenvalue weighted by Gasteiger charge is 2.06. The number of hydrogen-bond acceptors (Lipinski definition) is 4. The molecule has 88 valence electrons. The minimum Gasteiger partial charge on any atom is -0.258 e. The minimum atomic E-state index is -0.395. The van der Waals surface area contributed by atoms with Crippen LogP contribution in [0.1, 0.15) is 0 Å². The van der Waals surface area contributed by atoms with Gasteiger partial charge < -0.3 is 0 Å². The second-order valence-corrected chi connectivity index (χ2v) is 4.73. The maximum absolute atomic E-state index is 10.6. The van der Waals surface area contributed by atoms with Crippen LogP contribution in [-0.4, -0.2) is 9.91 Å². The van der Waals surface area contributed by atoms with E-state index in [1.807, 2.05) is 23.7 Å². The molecule has 5 heteroatoms. The van der Waals surface area contributed by atoms with Crippen molar-refractivity contribution in [1.82, 2.24) is 4.98 Å². The van der Waals surface area contributed by atoms with Crippen LogP contribution in [-0.2, 0) is 0 Å². The van der Waals surface area contributed by atoms with Crippen LogP contribution >= 0.6 is 11.3 Å². The van der Waals surface area contributed by atoms with Crippen LogP contribution in [0.4, 0.5) is 5.69 Å². The number of nitro groups is 1. The lowest BCUT2D eigenvalue weighted by Gasteiger charge is -2.01. The van der Waals surface area contributed by atoms with Crippen molar-refractivity contribution in [2.75, 3.05) is 0 Å². The number of hydrogen-bond donors (Lipinski definition) is 0. The third-order valence-electron chi connectivity index (χ3n) is 2.74. The van der Waals surface area contributed by atoms with Crippen molar-refractivity contribution in [2.24, 2.45) is 0 Å². The lowest BCUT2D eigenvalue weighted by atomic mass is 10.1. The van der Waals surface area contributed by atoms with E-state index in [-0.39, 0.29) is 5.69 Å². The van der Waals surface area contributed by atoms with E-state index in [1.54, 1.807) is 23.5 Å². The molecule has 3 rings (SSSR count). The summed E-state index contributed by atoms with van der Waals surface area (Å²) in [4.78, 5) is 14.5. The van der Waals surface area contributed by atoms with Gasteiger partial charge >= 0.3 is 0 Å². The third-order valence-corrected chi connectivity index (χ3v) is 3.55. The summed E-state index contributed by atoms with van der Waals surface area (Å²) < 4.78 is 1.14. The number of aromatic nitrogens is 1. The summed E-state index contributed by atoms with van der Waals surface area (Å²) in [6, 6.07) is 12.6. The normalized spacial score (nSPS) is 10.7. The van der Waals surface area contributed by atoms with Crippen LogP contribution in [0.5, 0.6) is 0 Å². The highest BCUT2D eigenvalue weighted by molar-refractivity contribution is 7.16. The van der Waals surface area contributed by atoms with Crippen molar-refractivity contribution in [3.8, 4) is 11.1 Å². The Morgan fingerprint density at radius 3 is 2.50 bits per heavy atom. The number of rotatable bonds is 2. The molecule has 0 saturated carbocycles. The fraction of sp³-hybridized carbons (Fsp3) is 0. The summed E-state index contributed by atoms with van der Waals surface area (Å²) in [6.07, 6.45) is 0. The Bertz CT molecular complexity index is 719. The Labute approximate surface area is 107 Å². The fourth-order valence-corrected chi connectivity index (χ4v) is 2.47. The Morgan fingerprint density at radius 2 is 1.78 bits per heavy atom. The molecule has 1 heterocycles. The van der Waals surface area contributed by atoms with Gasteiger partial charge in [0.05, 0.1) is 20.7 Å². The highest BCUT2D eigenvalue weighted by Crippen LogP contribution is 2.27. The molecule has 0 aliphatic heterocycles. The van der Waals surface area contributed by atoms with E-state index < -0.39 is 4.92 Å². The van der Waals surface area contributed by atoms with Crippen molar-refractivity contribution >= 4 is 27.2 Å². The lowest BCUT2D eigenvalue weighted by molar-refractivity contribution is -0.384. The van der Waals surface area contributed by atoms with Gasteiger partial charge in [-0.1, -0.05) is 6.07 Å². The van der Waals surface area contributed by atoms with Crippen LogP contribution in [0.25, 0.3) is 21.3 Å². The zero-order chi connectivity index (χ0) is 12.5. The molecule has 0 fully saturated rings. The summed E-state index contributed by atoms with van der Waals surface area (Å²) in [5.74, 6) is 0. The second-order valence-electron chi connectivity index (χ2n) is 3.84. The maximum atomic E-state index is 10.6. The lowest BCUT2D eigenvalue weighted by Crippen LogP contribution is -1.87. The topological polar surface area (TPSA) is 56.0 Å². The van der Waals surface area contributed by atoms with Crippen molar-refractivity contribution in [2.45, 2.75) is 0 Å². The summed E-state index contributed by atoms with van der Waals surface area (Å²) in [5.41, 5.74) is 4.84. The van der Waals surface area contributed by atoms with E-state index in [4.69, 9.17) is 0 Å². The zero-order valence-electron chi connectivity index (χ0n) is 9.24. The number of nitrogens with zero attached hydrogens (tertiary/aromatic N) is 2. The van der Waals surface area contributed by atoms with Crippen molar-refractivity contribution in [3.63, 3.8) is 0 Å². The van der Waals surface area contributed by atoms with Gasteiger partial charge in [0, 0.05) is 12.1 Å². The van der Waals surface area contributed by atoms with Gasteiger partial charge in [0.25, 0.3) is 5.69 Å². The van der Waals surface area contributed by atoms with E-state index in [9.17, 15) is 10.1 Å². The van der Waals surface area contributed by atoms with Crippen LogP contribution in [0.3, 0.4) is 0 Å². The molecule has 0 saturated heterocycles. The Balaban J connectivity index is 2.05. The molecule has 0 unspecified atom stereocenters. The first-order valence-electron chi connectivity index (χ1n) is 5.32. The molecule has 0 spiro atoms. The molecule has 0 amide bonds. The average molecular weight is 256 g/mol. The largest absolute Gasteiger partial charge is 0.269 e. The predicted molar refractivity (Wildman–Crippen MR) is 71.7 cm³/mol. The molecule has 0 aliphatic rings. The summed E-state index contributed by atoms with van der Waals surface area (Å²) in [7, 11) is 0. The number of benzene rings is 2. The zero-order valence-corrected chi connectivity index (χ0v) is 10.1. The van der Waals surface area contributed by atoms with Gasteiger partial charge in [-0.2, -0.15) is 0 Å². The fourth-order valence-electron chi connectivity index (χ4n) is 1.81. The molecular weight excluding hydrogens is 248 g/mol. The van der Waals surface area contributed by atoms with Gasteiger partial charge in [-0.15, -0.1) is 11.3 Å². The highest BCUT2D eigenvalue weighted by atomic mass is 32.1. The number of non-ortho nitro benzene ring substituents is 1. The van der Waals surface area contributed by atoms with Crippen LogP contribution in [0.15, 0.2) is 48.0 Å². The van der Waals surface area contributed by atoms with Gasteiger partial charge in [-0.3, -0.25) is 10.1 Å². The first-order chi connectivity index (χ1) is 8.74. The number of thiazole rings is 1. The van der Waals surface area contributed by atoms with Crippen molar-refractivity contribution in [3.05, 3.63) is 58.1 Å². The molecular formula is C13H8N2O2S. The van der Waals surface area contributed by atoms with Gasteiger partial charge in [0.2, 0.25) is 0 Å². The smallest absolute Gasteiger partial charge is 0.258 e. The molecule has 2 aromatic carbocycles. The molecule has 3 aromatic rings. The van der Waals surface area contributed by atoms with Gasteiger partial charge in [0.1, 0.15) is 0 Å². The molecule has 4 nitrogen and oxygen atoms in total. The number of nitro benzene ring substituents is 1. The SMILES string of the molecule is O=[N+]([O-])c1ccc(-c2ccc3scnc3c2)cc1. The Morgan fingerprint density at radius 1 is 1.06 bits per heavy atom. The molecule has 1 aromatic heterocycles. The van der Waals surface area contributed by atoms with Crippen LogP contribution < -0.4 is 0 Å². The molecule has 0 bridgehead atoms. The summed E-state index contributed by atoms with van der Waals surface area (Å²) in [6.45, 7) is 0. The molecule has 0 N–H and O–H groups in total. The first kappa shape index (κ1) is 10.9. The van der Waals surface area contributed by atoms with E-state index in [2.05, 4.69) is 4.98 Å². The average Bonchev–Trinajstić information content (AvgIpc) is 2.86. The van der Waals surface area contributed by atoms with Crippen LogP contribution in [0, 0.1) is 10.1 Å². The molecule has 0 atom stereocenters. The monoisotopic (exact) mass is 256 g/mol. The Kier molecular flexibility index (Phi) is 2.53. The van der Waals surface area contributed by atoms with Crippen LogP contribution in [0.2, 0.25) is 0 Å². The molecule has 18 heavy (non-hydrogen) atoms. The van der Waals surface area contributed by atoms with E-state index in [1.165, 1.54) is 12.1 Å². The second kappa shape index (κ2) is 4.19. The molecule has 0 aliphatic carbocycles. The first-order valence-corrected chi connectivity index (χ1v) is 6.20. The summed E-state index contributed by atoms with van der Waals surface area (Å²) in [5, 5.41) is 10.6. The van der Waals surface area contributed by atoms with E-state index >= 15 is 0 Å². The van der Waals surface area contributed by atoms with Crippen molar-refractivity contribution in [1.29, 1.82) is 0 Å². The number of fused-ring (bicyclic) bond motifs is 1. The Hall–Kier alpha value is -2.27. The third kappa shape index (κ3) is 1.84. The quantitative estimate of drug-likeness (QED) is 0.516. The standard InChI is InChI=1S/C13H8N2O2S/c16-15(17)11-4-1-9(2-5-11)10-3-6-13-12(7-10)14-8-18-13/h1-8H. The van der Waals surface area contributed by atoms with E-state index in [0.29, 0.717) is 0 Å². The van der Waals surface area contributed by atoms with E-state index in [0.717, 1.165) is 21.3 Å². The maximum Gasteiger partial charge on any atom is 0.269 e. The van der Waals surface area contributed by atoms with Gasteiger partial charge in [0.15, 0.2) is 0 Å².